The van der Waals surface area contributed by atoms with Gasteiger partial charge in [0.15, 0.2) is 5.82 Å². The van der Waals surface area contributed by atoms with E-state index in [1.807, 2.05) is 12.4 Å². The number of hydrogen-bond acceptors (Lipinski definition) is 4. The number of benzene rings is 1. The van der Waals surface area contributed by atoms with Gasteiger partial charge < -0.3 is 14.6 Å². The summed E-state index contributed by atoms with van der Waals surface area (Å²) >= 11 is 0. The molecule has 0 aliphatic carbocycles. The summed E-state index contributed by atoms with van der Waals surface area (Å²) < 4.78 is 10.3. The summed E-state index contributed by atoms with van der Waals surface area (Å²) in [5.74, 6) is 0.911. The topological polar surface area (TPSA) is 56.9 Å². The zero-order valence-corrected chi connectivity index (χ0v) is 14.1. The first-order valence-corrected chi connectivity index (χ1v) is 8.87. The molecule has 0 unspecified atom stereocenters. The van der Waals surface area contributed by atoms with Crippen LogP contribution in [0.1, 0.15) is 22.9 Å². The molecule has 0 spiro atoms. The lowest BCUT2D eigenvalue weighted by Gasteiger charge is -2.26. The van der Waals surface area contributed by atoms with Crippen LogP contribution in [0.25, 0.3) is 11.5 Å². The summed E-state index contributed by atoms with van der Waals surface area (Å²) in [7, 11) is 0. The van der Waals surface area contributed by atoms with Crippen LogP contribution in [-0.2, 0) is 30.8 Å². The second-order valence-electron chi connectivity index (χ2n) is 6.63. The fourth-order valence-electron chi connectivity index (χ4n) is 3.80. The highest BCUT2D eigenvalue weighted by Crippen LogP contribution is 2.29. The number of aromatic nitrogens is 4. The lowest BCUT2D eigenvalue weighted by Crippen LogP contribution is -2.28. The van der Waals surface area contributed by atoms with E-state index in [1.165, 1.54) is 16.8 Å². The predicted molar refractivity (Wildman–Crippen MR) is 94.0 cm³/mol. The van der Waals surface area contributed by atoms with Gasteiger partial charge in [0.2, 0.25) is 0 Å². The Labute approximate surface area is 146 Å². The minimum Gasteiger partial charge on any atom is -0.371 e. The van der Waals surface area contributed by atoms with Gasteiger partial charge in [-0.2, -0.15) is 5.10 Å². The summed E-state index contributed by atoms with van der Waals surface area (Å²) in [6, 6.07) is 10.7. The molecule has 2 aliphatic rings. The summed E-state index contributed by atoms with van der Waals surface area (Å²) in [5, 5.41) is 8.13. The maximum absolute atomic E-state index is 6.07. The Morgan fingerprint density at radius 3 is 3.20 bits per heavy atom. The molecule has 2 aromatic heterocycles. The van der Waals surface area contributed by atoms with Gasteiger partial charge in [0, 0.05) is 25.5 Å². The molecule has 25 heavy (non-hydrogen) atoms. The van der Waals surface area contributed by atoms with E-state index < -0.39 is 0 Å². The van der Waals surface area contributed by atoms with E-state index in [0.29, 0.717) is 0 Å². The van der Waals surface area contributed by atoms with E-state index in [1.54, 1.807) is 0 Å². The molecule has 0 amide bonds. The van der Waals surface area contributed by atoms with Crippen LogP contribution in [0.5, 0.6) is 0 Å². The van der Waals surface area contributed by atoms with Gasteiger partial charge in [-0.1, -0.05) is 24.3 Å². The molecule has 0 radical (unpaired) electrons. The van der Waals surface area contributed by atoms with Crippen molar-refractivity contribution in [2.24, 2.45) is 0 Å². The summed E-state index contributed by atoms with van der Waals surface area (Å²) in [5.41, 5.74) is 4.84. The van der Waals surface area contributed by atoms with Gasteiger partial charge >= 0.3 is 0 Å². The summed E-state index contributed by atoms with van der Waals surface area (Å²) in [4.78, 5) is 4.56. The Balaban J connectivity index is 1.45. The van der Waals surface area contributed by atoms with Gasteiger partial charge in [-0.3, -0.25) is 4.68 Å². The van der Waals surface area contributed by atoms with Crippen molar-refractivity contribution in [3.8, 4) is 11.5 Å². The Hall–Kier alpha value is -2.44. The van der Waals surface area contributed by atoms with Crippen molar-refractivity contribution in [2.75, 3.05) is 13.2 Å². The van der Waals surface area contributed by atoms with Crippen LogP contribution in [0.2, 0.25) is 0 Å². The second kappa shape index (κ2) is 6.13. The van der Waals surface area contributed by atoms with Crippen molar-refractivity contribution in [3.63, 3.8) is 0 Å². The Bertz CT molecular complexity index is 873. The Kier molecular flexibility index (Phi) is 3.64. The third-order valence-corrected chi connectivity index (χ3v) is 5.07. The SMILES string of the molecule is c1ccc2c(c1)CCO[C@H]2Cn1ccnc1-c1cc2n(n1)CCNC2. The molecule has 2 aliphatic heterocycles. The van der Waals surface area contributed by atoms with Gasteiger partial charge in [0.1, 0.15) is 11.8 Å². The van der Waals surface area contributed by atoms with E-state index in [2.05, 4.69) is 49.9 Å². The lowest BCUT2D eigenvalue weighted by atomic mass is 9.97. The molecule has 0 saturated carbocycles. The molecule has 128 valence electrons. The van der Waals surface area contributed by atoms with Crippen LogP contribution in [0.3, 0.4) is 0 Å². The number of nitrogens with zero attached hydrogens (tertiary/aromatic N) is 4. The van der Waals surface area contributed by atoms with Crippen LogP contribution in [0.4, 0.5) is 0 Å². The highest BCUT2D eigenvalue weighted by molar-refractivity contribution is 5.50. The third kappa shape index (κ3) is 2.67. The molecular formula is C19H21N5O. The molecule has 5 rings (SSSR count). The van der Waals surface area contributed by atoms with Crippen molar-refractivity contribution >= 4 is 0 Å². The Morgan fingerprint density at radius 1 is 1.28 bits per heavy atom. The van der Waals surface area contributed by atoms with Crippen LogP contribution in [0.15, 0.2) is 42.7 Å². The van der Waals surface area contributed by atoms with Crippen LogP contribution < -0.4 is 5.32 Å². The molecule has 6 nitrogen and oxygen atoms in total. The van der Waals surface area contributed by atoms with Crippen molar-refractivity contribution in [1.82, 2.24) is 24.6 Å². The van der Waals surface area contributed by atoms with Crippen LogP contribution in [0, 0.1) is 0 Å². The fourth-order valence-corrected chi connectivity index (χ4v) is 3.80. The average Bonchev–Trinajstić information content (AvgIpc) is 3.28. The van der Waals surface area contributed by atoms with Gasteiger partial charge in [0.05, 0.1) is 25.4 Å². The molecule has 1 atom stereocenters. The highest BCUT2D eigenvalue weighted by atomic mass is 16.5. The molecule has 0 saturated heterocycles. The highest BCUT2D eigenvalue weighted by Gasteiger charge is 2.23. The van der Waals surface area contributed by atoms with Crippen molar-refractivity contribution in [1.29, 1.82) is 0 Å². The van der Waals surface area contributed by atoms with E-state index >= 15 is 0 Å². The third-order valence-electron chi connectivity index (χ3n) is 5.07. The van der Waals surface area contributed by atoms with E-state index in [0.717, 1.165) is 50.7 Å². The standard InChI is InChI=1S/C19H21N5O/c1-2-4-16-14(3-1)5-10-25-18(16)13-23-8-7-21-19(23)17-11-15-12-20-6-9-24(15)22-17/h1-4,7-8,11,18,20H,5-6,9-10,12-13H2/t18-/m0/s1. The first-order valence-electron chi connectivity index (χ1n) is 8.87. The van der Waals surface area contributed by atoms with Crippen molar-refractivity contribution in [2.45, 2.75) is 32.2 Å². The molecule has 4 heterocycles. The molecule has 6 heteroatoms. The van der Waals surface area contributed by atoms with Gasteiger partial charge in [-0.25, -0.2) is 4.98 Å². The fraction of sp³-hybridized carbons (Fsp3) is 0.368. The average molecular weight is 335 g/mol. The second-order valence-corrected chi connectivity index (χ2v) is 6.63. The van der Waals surface area contributed by atoms with Gasteiger partial charge in [-0.05, 0) is 23.6 Å². The summed E-state index contributed by atoms with van der Waals surface area (Å²) in [6.45, 7) is 4.28. The lowest BCUT2D eigenvalue weighted by molar-refractivity contribution is 0.0309. The smallest absolute Gasteiger partial charge is 0.160 e. The van der Waals surface area contributed by atoms with Crippen LogP contribution in [-0.4, -0.2) is 32.5 Å². The summed E-state index contributed by atoms with van der Waals surface area (Å²) in [6.07, 6.45) is 4.92. The number of rotatable bonds is 3. The number of fused-ring (bicyclic) bond motifs is 2. The Morgan fingerprint density at radius 2 is 2.24 bits per heavy atom. The monoisotopic (exact) mass is 335 g/mol. The molecule has 3 aromatic rings. The first kappa shape index (κ1) is 14.9. The molecule has 0 bridgehead atoms. The van der Waals surface area contributed by atoms with Gasteiger partial charge in [-0.15, -0.1) is 0 Å². The van der Waals surface area contributed by atoms with Gasteiger partial charge in [0.25, 0.3) is 0 Å². The maximum Gasteiger partial charge on any atom is 0.160 e. The minimum atomic E-state index is 0.0665. The zero-order chi connectivity index (χ0) is 16.6. The molecular weight excluding hydrogens is 314 g/mol. The quantitative estimate of drug-likeness (QED) is 0.797. The molecule has 1 N–H and O–H groups in total. The van der Waals surface area contributed by atoms with E-state index in [4.69, 9.17) is 9.84 Å². The number of hydrogen-bond donors (Lipinski definition) is 1. The van der Waals surface area contributed by atoms with E-state index in [9.17, 15) is 0 Å². The van der Waals surface area contributed by atoms with Crippen molar-refractivity contribution < 1.29 is 4.74 Å². The largest absolute Gasteiger partial charge is 0.371 e. The molecule has 0 fully saturated rings. The minimum absolute atomic E-state index is 0.0665. The number of ether oxygens (including phenoxy) is 1. The normalized spacial score (nSPS) is 19.4. The predicted octanol–water partition coefficient (Wildman–Crippen LogP) is 2.16. The number of nitrogens with one attached hydrogen (secondary N) is 1. The zero-order valence-electron chi connectivity index (χ0n) is 14.1. The first-order chi connectivity index (χ1) is 12.4. The van der Waals surface area contributed by atoms with E-state index in [-0.39, 0.29) is 6.10 Å². The molecule has 1 aromatic carbocycles. The maximum atomic E-state index is 6.07. The van der Waals surface area contributed by atoms with Crippen LogP contribution >= 0.6 is 0 Å². The van der Waals surface area contributed by atoms with Crippen molar-refractivity contribution in [3.05, 3.63) is 59.5 Å². The number of imidazole rings is 1.